The lowest BCUT2D eigenvalue weighted by Gasteiger charge is -2.27. The van der Waals surface area contributed by atoms with Crippen LogP contribution in [0.25, 0.3) is 5.69 Å². The number of carbonyl (C=O) groups is 1. The van der Waals surface area contributed by atoms with Crippen LogP contribution in [0.3, 0.4) is 0 Å². The lowest BCUT2D eigenvalue weighted by molar-refractivity contribution is -0.120. The van der Waals surface area contributed by atoms with Gasteiger partial charge in [0.1, 0.15) is 12.1 Å². The van der Waals surface area contributed by atoms with E-state index in [4.69, 9.17) is 4.74 Å². The van der Waals surface area contributed by atoms with Crippen LogP contribution in [0.5, 0.6) is 5.75 Å². The molecule has 3 rings (SSSR count). The van der Waals surface area contributed by atoms with Gasteiger partial charge in [0.15, 0.2) is 22.5 Å². The topological polar surface area (TPSA) is 92.8 Å². The predicted octanol–water partition coefficient (Wildman–Crippen LogP) is 4.13. The Morgan fingerprint density at radius 3 is 2.56 bits per heavy atom. The molecule has 0 aliphatic carbocycles. The zero-order valence-corrected chi connectivity index (χ0v) is 18.9. The van der Waals surface area contributed by atoms with Crippen LogP contribution in [0.1, 0.15) is 26.6 Å². The van der Waals surface area contributed by atoms with Gasteiger partial charge in [0, 0.05) is 5.69 Å². The molecule has 0 radical (unpaired) electrons. The number of aromatic nitrogens is 3. The summed E-state index contributed by atoms with van der Waals surface area (Å²) in [6.07, 6.45) is 0. The number of nitriles is 1. The molecule has 1 atom stereocenters. The van der Waals surface area contributed by atoms with Crippen molar-refractivity contribution < 1.29 is 13.9 Å². The molecule has 3 aromatic rings. The molecule has 1 amide bonds. The van der Waals surface area contributed by atoms with Crippen LogP contribution in [-0.4, -0.2) is 32.0 Å². The number of thioether (sulfide) groups is 1. The number of halogens is 1. The molecule has 0 saturated heterocycles. The van der Waals surface area contributed by atoms with Gasteiger partial charge >= 0.3 is 0 Å². The van der Waals surface area contributed by atoms with Crippen LogP contribution in [0.15, 0.2) is 59.8 Å². The Hall–Kier alpha value is -3.38. The maximum Gasteiger partial charge on any atom is 0.231 e. The highest BCUT2D eigenvalue weighted by molar-refractivity contribution is 7.99. The van der Waals surface area contributed by atoms with Crippen LogP contribution < -0.4 is 10.1 Å². The van der Waals surface area contributed by atoms with Crippen LogP contribution in [0.4, 0.5) is 4.39 Å². The van der Waals surface area contributed by atoms with E-state index < -0.39 is 11.4 Å². The minimum absolute atomic E-state index is 0.00453. The fraction of sp³-hybridized carbons (Fsp3) is 0.304. The second-order valence-corrected chi connectivity index (χ2v) is 8.54. The van der Waals surface area contributed by atoms with Crippen molar-refractivity contribution in [1.29, 1.82) is 5.26 Å². The molecule has 1 aromatic heterocycles. The van der Waals surface area contributed by atoms with Crippen molar-refractivity contribution >= 4 is 17.7 Å². The number of nitrogens with one attached hydrogen (secondary N) is 1. The quantitative estimate of drug-likeness (QED) is 0.490. The third-order valence-electron chi connectivity index (χ3n) is 5.03. The number of ether oxygens (including phenoxy) is 1. The van der Waals surface area contributed by atoms with Gasteiger partial charge in [-0.25, -0.2) is 4.39 Å². The number of hydrogen-bond acceptors (Lipinski definition) is 6. The highest BCUT2D eigenvalue weighted by Crippen LogP contribution is 2.24. The number of amides is 1. The van der Waals surface area contributed by atoms with Gasteiger partial charge in [-0.2, -0.15) is 5.26 Å². The Labute approximate surface area is 190 Å². The number of para-hydroxylation sites is 2. The predicted molar refractivity (Wildman–Crippen MR) is 120 cm³/mol. The molecule has 1 N–H and O–H groups in total. The van der Waals surface area contributed by atoms with Gasteiger partial charge in [0.25, 0.3) is 0 Å². The average molecular weight is 454 g/mol. The summed E-state index contributed by atoms with van der Waals surface area (Å²) in [6.45, 7) is 5.45. The molecule has 0 fully saturated rings. The van der Waals surface area contributed by atoms with Gasteiger partial charge in [0.2, 0.25) is 5.91 Å². The van der Waals surface area contributed by atoms with Crippen molar-refractivity contribution in [2.75, 3.05) is 5.75 Å². The monoisotopic (exact) mass is 453 g/mol. The molecule has 0 saturated carbocycles. The highest BCUT2D eigenvalue weighted by Gasteiger charge is 2.30. The molecule has 1 unspecified atom stereocenters. The van der Waals surface area contributed by atoms with Gasteiger partial charge in [-0.1, -0.05) is 55.9 Å². The molecule has 0 aliphatic rings. The number of nitrogens with zero attached hydrogens (tertiary/aromatic N) is 4. The summed E-state index contributed by atoms with van der Waals surface area (Å²) in [5.74, 6) is -0.144. The minimum Gasteiger partial charge on any atom is -0.483 e. The Kier molecular flexibility index (Phi) is 7.49. The van der Waals surface area contributed by atoms with Crippen molar-refractivity contribution in [1.82, 2.24) is 20.1 Å². The first-order valence-corrected chi connectivity index (χ1v) is 11.0. The van der Waals surface area contributed by atoms with Crippen LogP contribution in [0.2, 0.25) is 0 Å². The van der Waals surface area contributed by atoms with Crippen LogP contribution in [-0.2, 0) is 11.4 Å². The van der Waals surface area contributed by atoms with E-state index in [2.05, 4.69) is 21.6 Å². The van der Waals surface area contributed by atoms with E-state index in [1.165, 1.54) is 17.8 Å². The maximum absolute atomic E-state index is 13.9. The average Bonchev–Trinajstić information content (AvgIpc) is 3.20. The summed E-state index contributed by atoms with van der Waals surface area (Å²) in [5, 5.41) is 21.1. The van der Waals surface area contributed by atoms with Gasteiger partial charge in [0.05, 0.1) is 11.8 Å². The summed E-state index contributed by atoms with van der Waals surface area (Å²) < 4.78 is 21.3. The Morgan fingerprint density at radius 2 is 1.91 bits per heavy atom. The minimum atomic E-state index is -0.955. The van der Waals surface area contributed by atoms with E-state index in [1.807, 2.05) is 44.2 Å². The molecular formula is C23H24FN5O2S. The van der Waals surface area contributed by atoms with E-state index >= 15 is 0 Å². The fourth-order valence-corrected chi connectivity index (χ4v) is 3.56. The van der Waals surface area contributed by atoms with E-state index in [-0.39, 0.29) is 29.9 Å². The van der Waals surface area contributed by atoms with Gasteiger partial charge in [-0.05, 0) is 37.1 Å². The number of benzene rings is 2. The molecule has 0 aliphatic heterocycles. The summed E-state index contributed by atoms with van der Waals surface area (Å²) >= 11 is 1.20. The molecule has 7 nitrogen and oxygen atoms in total. The lowest BCUT2D eigenvalue weighted by atomic mass is 9.90. The Bertz CT molecular complexity index is 1110. The molecule has 2 aromatic carbocycles. The molecular weight excluding hydrogens is 429 g/mol. The summed E-state index contributed by atoms with van der Waals surface area (Å²) in [5.41, 5.74) is -0.166. The van der Waals surface area contributed by atoms with Crippen LogP contribution >= 0.6 is 11.8 Å². The highest BCUT2D eigenvalue weighted by atomic mass is 32.2. The second kappa shape index (κ2) is 10.3. The first-order chi connectivity index (χ1) is 15.3. The Morgan fingerprint density at radius 1 is 1.22 bits per heavy atom. The van der Waals surface area contributed by atoms with Crippen molar-refractivity contribution in [2.45, 2.75) is 38.1 Å². The maximum atomic E-state index is 13.9. The van der Waals surface area contributed by atoms with E-state index in [0.29, 0.717) is 11.0 Å². The molecule has 9 heteroatoms. The van der Waals surface area contributed by atoms with Crippen molar-refractivity contribution in [3.63, 3.8) is 0 Å². The molecule has 32 heavy (non-hydrogen) atoms. The van der Waals surface area contributed by atoms with Gasteiger partial charge in [-0.15, -0.1) is 10.2 Å². The van der Waals surface area contributed by atoms with E-state index in [9.17, 15) is 14.4 Å². The fourth-order valence-electron chi connectivity index (χ4n) is 2.78. The lowest BCUT2D eigenvalue weighted by Crippen LogP contribution is -2.49. The van der Waals surface area contributed by atoms with E-state index in [1.54, 1.807) is 29.7 Å². The standard InChI is InChI=1S/C23H24FN5O2S/c1-16(2)23(3,15-25)26-21(30)14-32-22-28-27-20(29(22)17-9-5-4-6-10-17)13-31-19-12-8-7-11-18(19)24/h4-12,16H,13-14H2,1-3H3,(H,26,30). The molecule has 0 bridgehead atoms. The number of rotatable bonds is 9. The van der Waals surface area contributed by atoms with Crippen molar-refractivity contribution in [2.24, 2.45) is 5.92 Å². The SMILES string of the molecule is CC(C)C(C)(C#N)NC(=O)CSc1nnc(COc2ccccc2F)n1-c1ccccc1. The largest absolute Gasteiger partial charge is 0.483 e. The Balaban J connectivity index is 1.78. The number of hydrogen-bond donors (Lipinski definition) is 1. The van der Waals surface area contributed by atoms with Crippen LogP contribution in [0, 0.1) is 23.1 Å². The number of carbonyl (C=O) groups excluding carboxylic acids is 1. The first-order valence-electron chi connectivity index (χ1n) is 10.1. The van der Waals surface area contributed by atoms with Crippen molar-refractivity contribution in [3.05, 3.63) is 66.2 Å². The smallest absolute Gasteiger partial charge is 0.231 e. The van der Waals surface area contributed by atoms with E-state index in [0.717, 1.165) is 5.69 Å². The third kappa shape index (κ3) is 5.45. The first kappa shape index (κ1) is 23.3. The normalized spacial score (nSPS) is 12.8. The summed E-state index contributed by atoms with van der Waals surface area (Å²) in [6, 6.07) is 17.7. The molecule has 0 spiro atoms. The summed E-state index contributed by atoms with van der Waals surface area (Å²) in [4.78, 5) is 12.5. The second-order valence-electron chi connectivity index (χ2n) is 7.59. The zero-order valence-electron chi connectivity index (χ0n) is 18.1. The van der Waals surface area contributed by atoms with Gasteiger partial charge in [-0.3, -0.25) is 9.36 Å². The van der Waals surface area contributed by atoms with Gasteiger partial charge < -0.3 is 10.1 Å². The summed E-state index contributed by atoms with van der Waals surface area (Å²) in [7, 11) is 0. The molecule has 166 valence electrons. The zero-order chi connectivity index (χ0) is 23.1. The molecule has 1 heterocycles. The van der Waals surface area contributed by atoms with Crippen molar-refractivity contribution in [3.8, 4) is 17.5 Å². The third-order valence-corrected chi connectivity index (χ3v) is 5.96.